The summed E-state index contributed by atoms with van der Waals surface area (Å²) < 4.78 is 26.5. The molecular weight excluding hydrogens is 350 g/mol. The quantitative estimate of drug-likeness (QED) is 0.725. The van der Waals surface area contributed by atoms with Crippen LogP contribution < -0.4 is 5.56 Å². The molecule has 7 heteroatoms. The number of aromatic nitrogens is 3. The van der Waals surface area contributed by atoms with Crippen molar-refractivity contribution in [3.63, 3.8) is 0 Å². The van der Waals surface area contributed by atoms with Gasteiger partial charge in [-0.25, -0.2) is 18.4 Å². The molecule has 6 nitrogen and oxygen atoms in total. The van der Waals surface area contributed by atoms with Crippen molar-refractivity contribution >= 4 is 9.84 Å². The van der Waals surface area contributed by atoms with Crippen molar-refractivity contribution in [2.24, 2.45) is 13.0 Å². The molecule has 140 valence electrons. The van der Waals surface area contributed by atoms with E-state index in [4.69, 9.17) is 0 Å². The summed E-state index contributed by atoms with van der Waals surface area (Å²) in [7, 11) is -1.87. The van der Waals surface area contributed by atoms with Crippen LogP contribution in [-0.2, 0) is 23.3 Å². The molecule has 2 aromatic rings. The molecule has 0 unspecified atom stereocenters. The highest BCUT2D eigenvalue weighted by Crippen LogP contribution is 2.34. The summed E-state index contributed by atoms with van der Waals surface area (Å²) in [5.41, 5.74) is 2.82. The maximum atomic E-state index is 12.5. The Labute approximate surface area is 154 Å². The molecule has 0 N–H and O–H groups in total. The van der Waals surface area contributed by atoms with E-state index in [1.165, 1.54) is 17.4 Å². The van der Waals surface area contributed by atoms with Crippen molar-refractivity contribution in [3.05, 3.63) is 39.9 Å². The minimum absolute atomic E-state index is 0.0719. The molecule has 1 aliphatic rings. The average Bonchev–Trinajstić information content (AvgIpc) is 3.41. The van der Waals surface area contributed by atoms with Gasteiger partial charge in [0.25, 0.3) is 5.56 Å². The van der Waals surface area contributed by atoms with Crippen molar-refractivity contribution in [1.29, 1.82) is 0 Å². The fourth-order valence-electron chi connectivity index (χ4n) is 2.94. The molecule has 0 radical (unpaired) electrons. The van der Waals surface area contributed by atoms with Gasteiger partial charge in [-0.05, 0) is 51.2 Å². The molecule has 0 saturated heterocycles. The lowest BCUT2D eigenvalue weighted by Gasteiger charge is -2.13. The molecule has 0 bridgehead atoms. The third-order valence-electron chi connectivity index (χ3n) is 4.87. The van der Waals surface area contributed by atoms with Crippen LogP contribution in [0, 0.1) is 12.8 Å². The minimum atomic E-state index is -3.56. The van der Waals surface area contributed by atoms with Gasteiger partial charge >= 0.3 is 0 Å². The molecule has 1 aliphatic carbocycles. The van der Waals surface area contributed by atoms with E-state index in [-0.39, 0.29) is 10.7 Å². The number of hydrogen-bond donors (Lipinski definition) is 0. The molecule has 0 atom stereocenters. The number of aryl methyl sites for hydroxylation is 3. The molecular formula is C19H25N3O3S. The topological polar surface area (TPSA) is 81.9 Å². The second-order valence-corrected chi connectivity index (χ2v) is 9.83. The fourth-order valence-corrected chi connectivity index (χ4v) is 3.78. The summed E-state index contributed by atoms with van der Waals surface area (Å²) in [5, 5.41) is -0.737. The van der Waals surface area contributed by atoms with Crippen LogP contribution in [0.5, 0.6) is 0 Å². The summed E-state index contributed by atoms with van der Waals surface area (Å²) in [6.07, 6.45) is 7.73. The molecule has 0 spiro atoms. The van der Waals surface area contributed by atoms with Gasteiger partial charge in [0, 0.05) is 30.6 Å². The highest BCUT2D eigenvalue weighted by molar-refractivity contribution is 7.91. The average molecular weight is 375 g/mol. The van der Waals surface area contributed by atoms with Gasteiger partial charge in [0.2, 0.25) is 15.0 Å². The Bertz CT molecular complexity index is 963. The number of hydrogen-bond acceptors (Lipinski definition) is 5. The highest BCUT2D eigenvalue weighted by Gasteiger charge is 2.26. The van der Waals surface area contributed by atoms with Gasteiger partial charge in [0.15, 0.2) is 0 Å². The Morgan fingerprint density at radius 3 is 2.58 bits per heavy atom. The van der Waals surface area contributed by atoms with E-state index in [9.17, 15) is 13.2 Å². The van der Waals surface area contributed by atoms with Crippen LogP contribution in [0.25, 0.3) is 11.3 Å². The van der Waals surface area contributed by atoms with Gasteiger partial charge in [0.05, 0.1) is 10.9 Å². The minimum Gasteiger partial charge on any atom is -0.318 e. The van der Waals surface area contributed by atoms with E-state index < -0.39 is 15.1 Å². The third kappa shape index (κ3) is 3.72. The summed E-state index contributed by atoms with van der Waals surface area (Å²) in [5.74, 6) is 0.754. The van der Waals surface area contributed by atoms with E-state index in [0.717, 1.165) is 29.9 Å². The maximum absolute atomic E-state index is 12.5. The van der Waals surface area contributed by atoms with Crippen molar-refractivity contribution in [2.45, 2.75) is 56.9 Å². The van der Waals surface area contributed by atoms with Gasteiger partial charge in [-0.3, -0.25) is 4.79 Å². The van der Waals surface area contributed by atoms with Crippen LogP contribution in [0.2, 0.25) is 0 Å². The number of rotatable bonds is 6. The highest BCUT2D eigenvalue weighted by atomic mass is 32.2. The molecule has 3 rings (SSSR count). The molecule has 2 aromatic heterocycles. The normalized spacial score (nSPS) is 14.8. The molecule has 26 heavy (non-hydrogen) atoms. The van der Waals surface area contributed by atoms with Crippen molar-refractivity contribution < 1.29 is 8.42 Å². The lowest BCUT2D eigenvalue weighted by atomic mass is 10.0. The number of sulfone groups is 1. The van der Waals surface area contributed by atoms with E-state index in [1.54, 1.807) is 46.3 Å². The predicted molar refractivity (Wildman–Crippen MR) is 101 cm³/mol. The van der Waals surface area contributed by atoms with Crippen LogP contribution in [0.3, 0.4) is 0 Å². The third-order valence-corrected chi connectivity index (χ3v) is 6.82. The van der Waals surface area contributed by atoms with Crippen molar-refractivity contribution in [2.75, 3.05) is 0 Å². The first-order valence-electron chi connectivity index (χ1n) is 8.97. The first-order valence-corrected chi connectivity index (χ1v) is 10.5. The Kier molecular flexibility index (Phi) is 5.01. The first-order chi connectivity index (χ1) is 12.2. The van der Waals surface area contributed by atoms with Gasteiger partial charge in [-0.15, -0.1) is 0 Å². The van der Waals surface area contributed by atoms with E-state index >= 15 is 0 Å². The molecule has 1 saturated carbocycles. The zero-order valence-electron chi connectivity index (χ0n) is 15.7. The smallest absolute Gasteiger partial charge is 0.253 e. The van der Waals surface area contributed by atoms with Crippen LogP contribution >= 0.6 is 0 Å². The van der Waals surface area contributed by atoms with Crippen LogP contribution in [0.1, 0.15) is 44.2 Å². The van der Waals surface area contributed by atoms with Crippen LogP contribution in [0.15, 0.2) is 28.4 Å². The van der Waals surface area contributed by atoms with Crippen molar-refractivity contribution in [3.8, 4) is 11.3 Å². The van der Waals surface area contributed by atoms with Crippen LogP contribution in [0.4, 0.5) is 0 Å². The van der Waals surface area contributed by atoms with Crippen LogP contribution in [-0.4, -0.2) is 28.2 Å². The van der Waals surface area contributed by atoms with Gasteiger partial charge in [0.1, 0.15) is 0 Å². The van der Waals surface area contributed by atoms with Gasteiger partial charge < -0.3 is 4.57 Å². The Balaban J connectivity index is 2.13. The van der Waals surface area contributed by atoms with Gasteiger partial charge in [-0.1, -0.05) is 12.8 Å². The summed E-state index contributed by atoms with van der Waals surface area (Å²) in [4.78, 5) is 20.6. The zero-order chi connectivity index (χ0) is 19.1. The molecule has 1 fully saturated rings. The lowest BCUT2D eigenvalue weighted by molar-refractivity contribution is 0.577. The Hall–Kier alpha value is -2.02. The lowest BCUT2D eigenvalue weighted by Crippen LogP contribution is -2.20. The summed E-state index contributed by atoms with van der Waals surface area (Å²) in [6.45, 7) is 4.99. The maximum Gasteiger partial charge on any atom is 0.253 e. The molecule has 2 heterocycles. The second kappa shape index (κ2) is 6.95. The predicted octanol–water partition coefficient (Wildman–Crippen LogP) is 2.68. The standard InChI is InChI=1S/C19H25N3O3S/c1-12(2)26(24,25)19-20-10-15(8-7-14-5-6-14)17(21-19)16-9-13(3)18(23)22(4)11-16/h9-12,14H,5-8H2,1-4H3. The van der Waals surface area contributed by atoms with E-state index in [1.807, 2.05) is 0 Å². The zero-order valence-corrected chi connectivity index (χ0v) is 16.5. The largest absolute Gasteiger partial charge is 0.318 e. The summed E-state index contributed by atoms with van der Waals surface area (Å²) in [6, 6.07) is 1.77. The molecule has 0 amide bonds. The van der Waals surface area contributed by atoms with Gasteiger partial charge in [-0.2, -0.15) is 0 Å². The Morgan fingerprint density at radius 2 is 2.00 bits per heavy atom. The first kappa shape index (κ1) is 18.8. The SMILES string of the molecule is Cc1cc(-c2nc(S(=O)(=O)C(C)C)ncc2CCC2CC2)cn(C)c1=O. The fraction of sp³-hybridized carbons (Fsp3) is 0.526. The second-order valence-electron chi connectivity index (χ2n) is 7.43. The van der Waals surface area contributed by atoms with E-state index in [0.29, 0.717) is 11.3 Å². The number of pyridine rings is 1. The monoisotopic (exact) mass is 375 g/mol. The summed E-state index contributed by atoms with van der Waals surface area (Å²) >= 11 is 0. The number of nitrogens with zero attached hydrogens (tertiary/aromatic N) is 3. The van der Waals surface area contributed by atoms with Crippen molar-refractivity contribution in [1.82, 2.24) is 14.5 Å². The molecule has 0 aromatic carbocycles. The van der Waals surface area contributed by atoms with E-state index in [2.05, 4.69) is 9.97 Å². The Morgan fingerprint density at radius 1 is 1.31 bits per heavy atom. The molecule has 0 aliphatic heterocycles.